The SMILES string of the molecule is N=C1OC(c2ccc(F)cc2)=NC1(C(F)(F)F)C(F)(F)F. The third-order valence-corrected chi connectivity index (χ3v) is 2.71. The Kier molecular flexibility index (Phi) is 3.22. The molecule has 1 N–H and O–H groups in total. The van der Waals surface area contributed by atoms with Gasteiger partial charge in [-0.25, -0.2) is 9.38 Å². The van der Waals surface area contributed by atoms with Gasteiger partial charge in [0, 0.05) is 5.56 Å². The Bertz CT molecular complexity index is 586. The predicted molar refractivity (Wildman–Crippen MR) is 56.6 cm³/mol. The summed E-state index contributed by atoms with van der Waals surface area (Å²) >= 11 is 0. The van der Waals surface area contributed by atoms with Gasteiger partial charge in [0.15, 0.2) is 0 Å². The number of ether oxygens (including phenoxy) is 1. The zero-order chi connectivity index (χ0) is 16.1. The molecular formula is C11H5F7N2O. The molecule has 3 nitrogen and oxygen atoms in total. The van der Waals surface area contributed by atoms with Crippen LogP contribution in [0.25, 0.3) is 0 Å². The number of hydrogen-bond acceptors (Lipinski definition) is 3. The standard InChI is InChI=1S/C11H5F7N2O/c12-6-3-1-5(2-4-6)7-20-9(8(19)21-7,10(13,14)15)11(16,17)18/h1-4,19H. The first kappa shape index (κ1) is 15.3. The van der Waals surface area contributed by atoms with Gasteiger partial charge in [0.25, 0.3) is 0 Å². The number of benzene rings is 1. The largest absolute Gasteiger partial charge is 0.431 e. The molecule has 0 atom stereocenters. The molecule has 0 aromatic heterocycles. The van der Waals surface area contributed by atoms with Crippen molar-refractivity contribution in [2.75, 3.05) is 0 Å². The summed E-state index contributed by atoms with van der Waals surface area (Å²) in [6.07, 6.45) is -11.8. The highest BCUT2D eigenvalue weighted by Crippen LogP contribution is 2.49. The summed E-state index contributed by atoms with van der Waals surface area (Å²) in [6, 6.07) is 3.41. The molecular weight excluding hydrogens is 309 g/mol. The van der Waals surface area contributed by atoms with E-state index in [2.05, 4.69) is 9.73 Å². The molecule has 21 heavy (non-hydrogen) atoms. The van der Waals surface area contributed by atoms with E-state index in [1.165, 1.54) is 0 Å². The van der Waals surface area contributed by atoms with Crippen molar-refractivity contribution in [3.8, 4) is 0 Å². The van der Waals surface area contributed by atoms with Crippen LogP contribution in [0.5, 0.6) is 0 Å². The lowest BCUT2D eigenvalue weighted by atomic mass is 9.99. The van der Waals surface area contributed by atoms with Gasteiger partial charge in [-0.1, -0.05) is 0 Å². The van der Waals surface area contributed by atoms with Crippen LogP contribution in [-0.2, 0) is 4.74 Å². The van der Waals surface area contributed by atoms with Gasteiger partial charge in [-0.3, -0.25) is 5.41 Å². The van der Waals surface area contributed by atoms with E-state index >= 15 is 0 Å². The Morgan fingerprint density at radius 2 is 1.43 bits per heavy atom. The Balaban J connectivity index is 2.58. The van der Waals surface area contributed by atoms with Gasteiger partial charge in [0.1, 0.15) is 5.82 Å². The average Bonchev–Trinajstić information content (AvgIpc) is 2.68. The van der Waals surface area contributed by atoms with Crippen molar-refractivity contribution in [3.63, 3.8) is 0 Å². The molecule has 1 aromatic rings. The summed E-state index contributed by atoms with van der Waals surface area (Å²) in [5.74, 6) is -3.89. The van der Waals surface area contributed by atoms with Crippen LogP contribution in [0.1, 0.15) is 5.56 Å². The van der Waals surface area contributed by atoms with E-state index < -0.39 is 35.5 Å². The number of nitrogens with zero attached hydrogens (tertiary/aromatic N) is 1. The fourth-order valence-electron chi connectivity index (χ4n) is 1.66. The lowest BCUT2D eigenvalue weighted by Gasteiger charge is -2.28. The summed E-state index contributed by atoms with van der Waals surface area (Å²) < 4.78 is 93.8. The van der Waals surface area contributed by atoms with Gasteiger partial charge in [-0.15, -0.1) is 0 Å². The van der Waals surface area contributed by atoms with Crippen molar-refractivity contribution in [2.24, 2.45) is 4.99 Å². The van der Waals surface area contributed by atoms with E-state index in [1.54, 1.807) is 0 Å². The first-order valence-corrected chi connectivity index (χ1v) is 5.25. The molecule has 0 spiro atoms. The summed E-state index contributed by atoms with van der Waals surface area (Å²) in [5, 5.41) is 6.94. The number of nitrogens with one attached hydrogen (secondary N) is 1. The van der Waals surface area contributed by atoms with Crippen LogP contribution in [0, 0.1) is 11.2 Å². The highest BCUT2D eigenvalue weighted by molar-refractivity contribution is 6.09. The minimum Gasteiger partial charge on any atom is -0.421 e. The second-order valence-electron chi connectivity index (χ2n) is 4.06. The van der Waals surface area contributed by atoms with Crippen molar-refractivity contribution < 1.29 is 35.5 Å². The van der Waals surface area contributed by atoms with Crippen LogP contribution in [0.2, 0.25) is 0 Å². The van der Waals surface area contributed by atoms with E-state index in [-0.39, 0.29) is 5.56 Å². The summed E-state index contributed by atoms with van der Waals surface area (Å²) in [7, 11) is 0. The van der Waals surface area contributed by atoms with Crippen molar-refractivity contribution in [2.45, 2.75) is 17.9 Å². The van der Waals surface area contributed by atoms with Gasteiger partial charge in [0.05, 0.1) is 0 Å². The smallest absolute Gasteiger partial charge is 0.421 e. The van der Waals surface area contributed by atoms with Crippen molar-refractivity contribution in [3.05, 3.63) is 35.6 Å². The third kappa shape index (κ3) is 2.24. The molecule has 10 heteroatoms. The predicted octanol–water partition coefficient (Wildman–Crippen LogP) is 3.44. The Labute approximate surface area is 112 Å². The molecule has 114 valence electrons. The Morgan fingerprint density at radius 1 is 0.952 bits per heavy atom. The average molecular weight is 314 g/mol. The monoisotopic (exact) mass is 314 g/mol. The van der Waals surface area contributed by atoms with Crippen LogP contribution in [0.4, 0.5) is 30.7 Å². The second kappa shape index (κ2) is 4.43. The van der Waals surface area contributed by atoms with Crippen molar-refractivity contribution in [1.29, 1.82) is 5.41 Å². The summed E-state index contributed by atoms with van der Waals surface area (Å²) in [5.41, 5.74) is -5.06. The zero-order valence-electron chi connectivity index (χ0n) is 9.81. The molecule has 1 aromatic carbocycles. The van der Waals surface area contributed by atoms with Crippen molar-refractivity contribution in [1.82, 2.24) is 0 Å². The first-order chi connectivity index (χ1) is 9.49. The molecule has 0 fully saturated rings. The van der Waals surface area contributed by atoms with Gasteiger partial charge in [-0.05, 0) is 24.3 Å². The molecule has 0 saturated heterocycles. The van der Waals surface area contributed by atoms with E-state index in [0.29, 0.717) is 0 Å². The van der Waals surface area contributed by atoms with E-state index in [0.717, 1.165) is 24.3 Å². The number of rotatable bonds is 1. The second-order valence-corrected chi connectivity index (χ2v) is 4.06. The molecule has 0 aliphatic carbocycles. The fraction of sp³-hybridized carbons (Fsp3) is 0.273. The topological polar surface area (TPSA) is 45.4 Å². The quantitative estimate of drug-likeness (QED) is 0.793. The minimum absolute atomic E-state index is 0.309. The molecule has 1 aliphatic heterocycles. The van der Waals surface area contributed by atoms with Crippen LogP contribution in [0.15, 0.2) is 29.3 Å². The molecule has 0 bridgehead atoms. The highest BCUT2D eigenvalue weighted by atomic mass is 19.4. The van der Waals surface area contributed by atoms with Crippen LogP contribution in [0.3, 0.4) is 0 Å². The maximum Gasteiger partial charge on any atom is 0.431 e. The molecule has 0 saturated carbocycles. The fourth-order valence-corrected chi connectivity index (χ4v) is 1.66. The molecule has 2 rings (SSSR count). The molecule has 0 amide bonds. The minimum atomic E-state index is -5.90. The Morgan fingerprint density at radius 3 is 1.81 bits per heavy atom. The molecule has 0 radical (unpaired) electrons. The molecule has 0 unspecified atom stereocenters. The summed E-state index contributed by atoms with van der Waals surface area (Å²) in [6.45, 7) is 0. The number of halogens is 7. The first-order valence-electron chi connectivity index (χ1n) is 5.25. The maximum atomic E-state index is 12.8. The molecule has 1 heterocycles. The van der Waals surface area contributed by atoms with Crippen LogP contribution in [-0.4, -0.2) is 29.7 Å². The normalized spacial score (nSPS) is 18.4. The van der Waals surface area contributed by atoms with Gasteiger partial charge < -0.3 is 4.74 Å². The zero-order valence-corrected chi connectivity index (χ0v) is 9.81. The third-order valence-electron chi connectivity index (χ3n) is 2.71. The summed E-state index contributed by atoms with van der Waals surface area (Å²) in [4.78, 5) is 2.54. The number of hydrogen-bond donors (Lipinski definition) is 1. The number of alkyl halides is 6. The van der Waals surface area contributed by atoms with E-state index in [9.17, 15) is 30.7 Å². The molecule has 1 aliphatic rings. The van der Waals surface area contributed by atoms with E-state index in [4.69, 9.17) is 5.41 Å². The maximum absolute atomic E-state index is 12.8. The van der Waals surface area contributed by atoms with Crippen LogP contribution < -0.4 is 0 Å². The number of aliphatic imine (C=N–C) groups is 1. The van der Waals surface area contributed by atoms with E-state index in [1.807, 2.05) is 0 Å². The van der Waals surface area contributed by atoms with Gasteiger partial charge in [0.2, 0.25) is 11.8 Å². The lowest BCUT2D eigenvalue weighted by Crippen LogP contribution is -2.59. The highest BCUT2D eigenvalue weighted by Gasteiger charge is 2.78. The lowest BCUT2D eigenvalue weighted by molar-refractivity contribution is -0.271. The van der Waals surface area contributed by atoms with Crippen molar-refractivity contribution >= 4 is 11.8 Å². The van der Waals surface area contributed by atoms with Gasteiger partial charge in [-0.2, -0.15) is 26.3 Å². The van der Waals surface area contributed by atoms with Gasteiger partial charge >= 0.3 is 17.9 Å². The van der Waals surface area contributed by atoms with Crippen LogP contribution >= 0.6 is 0 Å². The Hall–Kier alpha value is -2.13.